The summed E-state index contributed by atoms with van der Waals surface area (Å²) in [6.45, 7) is 0.225. The molecule has 0 bridgehead atoms. The molecule has 4 aromatic rings. The number of nitrogens with two attached hydrogens (primary N) is 1. The summed E-state index contributed by atoms with van der Waals surface area (Å²) >= 11 is 1.26. The molecule has 0 aliphatic heterocycles. The molecule has 10 heteroatoms. The number of nitrogens with zero attached hydrogens (tertiary/aromatic N) is 2. The number of methoxy groups -OCH3 is 1. The van der Waals surface area contributed by atoms with Gasteiger partial charge in [-0.1, -0.05) is 30.0 Å². The number of carbonyl (C=O) groups is 2. The zero-order chi connectivity index (χ0) is 23.9. The highest BCUT2D eigenvalue weighted by atomic mass is 32.1. The number of amides is 3. The van der Waals surface area contributed by atoms with E-state index in [2.05, 4.69) is 37.8 Å². The fourth-order valence-electron chi connectivity index (χ4n) is 3.09. The maximum Gasteiger partial charge on any atom is 0.323 e. The molecule has 0 saturated carbocycles. The van der Waals surface area contributed by atoms with Crippen molar-refractivity contribution >= 4 is 56.4 Å². The molecule has 9 nitrogen and oxygen atoms in total. The van der Waals surface area contributed by atoms with Gasteiger partial charge in [-0.25, -0.2) is 14.8 Å². The number of thiophene rings is 1. The maximum absolute atomic E-state index is 13.2. The van der Waals surface area contributed by atoms with Gasteiger partial charge in [-0.15, -0.1) is 11.3 Å². The lowest BCUT2D eigenvalue weighted by Gasteiger charge is -2.09. The fourth-order valence-corrected chi connectivity index (χ4v) is 4.12. The van der Waals surface area contributed by atoms with Gasteiger partial charge in [0.2, 0.25) is 0 Å². The smallest absolute Gasteiger partial charge is 0.323 e. The summed E-state index contributed by atoms with van der Waals surface area (Å²) < 4.78 is 4.97. The van der Waals surface area contributed by atoms with E-state index in [0.717, 1.165) is 0 Å². The van der Waals surface area contributed by atoms with E-state index in [-0.39, 0.29) is 18.5 Å². The van der Waals surface area contributed by atoms with E-state index in [4.69, 9.17) is 10.5 Å². The molecule has 4 rings (SSSR count). The molecule has 0 aliphatic carbocycles. The van der Waals surface area contributed by atoms with Crippen LogP contribution in [-0.4, -0.2) is 35.6 Å². The van der Waals surface area contributed by atoms with Gasteiger partial charge in [0, 0.05) is 24.2 Å². The fraction of sp³-hybridized carbons (Fsp3) is 0.0833. The Balaban J connectivity index is 1.50. The van der Waals surface area contributed by atoms with Crippen molar-refractivity contribution < 1.29 is 14.3 Å². The van der Waals surface area contributed by atoms with E-state index >= 15 is 0 Å². The monoisotopic (exact) mass is 472 g/mol. The van der Waals surface area contributed by atoms with Crippen molar-refractivity contribution in [3.8, 4) is 11.8 Å². The van der Waals surface area contributed by atoms with Gasteiger partial charge in [-0.05, 0) is 36.4 Å². The molecule has 0 spiro atoms. The first-order chi connectivity index (χ1) is 16.5. The summed E-state index contributed by atoms with van der Waals surface area (Å²) in [6.07, 6.45) is 1.35. The molecular formula is C24H20N6O3S. The lowest BCUT2D eigenvalue weighted by Crippen LogP contribution is -2.19. The third-order valence-electron chi connectivity index (χ3n) is 4.60. The lowest BCUT2D eigenvalue weighted by molar-refractivity contribution is 0.102. The van der Waals surface area contributed by atoms with Crippen LogP contribution in [0.1, 0.15) is 15.2 Å². The first-order valence-corrected chi connectivity index (χ1v) is 10.9. The summed E-state index contributed by atoms with van der Waals surface area (Å²) in [5.74, 6) is 5.62. The van der Waals surface area contributed by atoms with Gasteiger partial charge in [0.15, 0.2) is 0 Å². The topological polar surface area (TPSA) is 131 Å². The van der Waals surface area contributed by atoms with Gasteiger partial charge in [0.05, 0.1) is 15.8 Å². The minimum atomic E-state index is -0.392. The van der Waals surface area contributed by atoms with Gasteiger partial charge in [0.25, 0.3) is 5.91 Å². The number of aromatic nitrogens is 2. The van der Waals surface area contributed by atoms with Crippen LogP contribution < -0.4 is 21.7 Å². The highest BCUT2D eigenvalue weighted by Gasteiger charge is 2.21. The Morgan fingerprint density at radius 3 is 2.29 bits per heavy atom. The summed E-state index contributed by atoms with van der Waals surface area (Å²) in [4.78, 5) is 34.6. The quantitative estimate of drug-likeness (QED) is 0.323. The molecule has 2 aromatic carbocycles. The van der Waals surface area contributed by atoms with Crippen LogP contribution in [0.25, 0.3) is 10.2 Å². The molecule has 0 aliphatic rings. The van der Waals surface area contributed by atoms with Crippen LogP contribution >= 0.6 is 11.3 Å². The predicted molar refractivity (Wildman–Crippen MR) is 134 cm³/mol. The summed E-state index contributed by atoms with van der Waals surface area (Å²) in [5.41, 5.74) is 8.12. The summed E-state index contributed by atoms with van der Waals surface area (Å²) in [5, 5.41) is 8.79. The van der Waals surface area contributed by atoms with Crippen molar-refractivity contribution in [2.45, 2.75) is 0 Å². The van der Waals surface area contributed by atoms with Crippen molar-refractivity contribution in [3.63, 3.8) is 0 Å². The van der Waals surface area contributed by atoms with Crippen molar-refractivity contribution in [1.82, 2.24) is 9.97 Å². The first-order valence-electron chi connectivity index (χ1n) is 10.1. The predicted octanol–water partition coefficient (Wildman–Crippen LogP) is 4.17. The van der Waals surface area contributed by atoms with Crippen molar-refractivity contribution in [2.75, 3.05) is 35.4 Å². The van der Waals surface area contributed by atoms with Crippen molar-refractivity contribution in [1.29, 1.82) is 0 Å². The average Bonchev–Trinajstić information content (AvgIpc) is 3.21. The number of anilines is 4. The number of nitrogens with one attached hydrogen (secondary N) is 3. The number of nitrogen functional groups attached to an aromatic ring is 1. The normalized spacial score (nSPS) is 10.3. The molecule has 0 saturated heterocycles. The van der Waals surface area contributed by atoms with Crippen molar-refractivity contribution in [3.05, 3.63) is 71.4 Å². The number of carbonyl (C=O) groups excluding carboxylic acids is 2. The van der Waals surface area contributed by atoms with Crippen LogP contribution in [0, 0.1) is 11.8 Å². The largest absolute Gasteiger partial charge is 0.383 e. The molecular weight excluding hydrogens is 452 g/mol. The molecule has 0 radical (unpaired) electrons. The Kier molecular flexibility index (Phi) is 6.98. The Hall–Kier alpha value is -4.46. The second-order valence-electron chi connectivity index (χ2n) is 6.96. The number of hydrogen-bond acceptors (Lipinski definition) is 7. The number of rotatable bonds is 5. The molecule has 170 valence electrons. The van der Waals surface area contributed by atoms with Crippen LogP contribution in [0.15, 0.2) is 60.9 Å². The Morgan fingerprint density at radius 2 is 1.62 bits per heavy atom. The number of hydrogen-bond donors (Lipinski definition) is 4. The summed E-state index contributed by atoms with van der Waals surface area (Å²) in [7, 11) is 1.54. The van der Waals surface area contributed by atoms with Crippen molar-refractivity contribution in [2.24, 2.45) is 0 Å². The van der Waals surface area contributed by atoms with Gasteiger partial charge < -0.3 is 26.4 Å². The van der Waals surface area contributed by atoms with Crippen LogP contribution in [0.3, 0.4) is 0 Å². The Labute approximate surface area is 199 Å². The highest BCUT2D eigenvalue weighted by molar-refractivity contribution is 7.19. The Bertz CT molecular complexity index is 1390. The van der Waals surface area contributed by atoms with Crippen LogP contribution in [0.2, 0.25) is 0 Å². The van der Waals surface area contributed by atoms with Gasteiger partial charge in [0.1, 0.15) is 23.6 Å². The molecule has 0 unspecified atom stereocenters. The van der Waals surface area contributed by atoms with E-state index in [1.54, 1.807) is 43.5 Å². The van der Waals surface area contributed by atoms with Crippen LogP contribution in [0.5, 0.6) is 0 Å². The van der Waals surface area contributed by atoms with E-state index in [9.17, 15) is 9.59 Å². The van der Waals surface area contributed by atoms with Crippen LogP contribution in [0.4, 0.5) is 27.7 Å². The summed E-state index contributed by atoms with van der Waals surface area (Å²) in [6, 6.07) is 15.5. The number of urea groups is 1. The second-order valence-corrected chi connectivity index (χ2v) is 7.96. The van der Waals surface area contributed by atoms with E-state index < -0.39 is 5.91 Å². The molecule has 0 fully saturated rings. The van der Waals surface area contributed by atoms with E-state index in [1.165, 1.54) is 17.7 Å². The van der Waals surface area contributed by atoms with Gasteiger partial charge in [-0.2, -0.15) is 0 Å². The standard InChI is InChI=1S/C24H20N6O3S/c1-33-13-5-8-18-19(20-21(25)26-14-27-23(20)34-18)22(31)28-16-9-11-17(12-10-16)30-24(32)29-15-6-3-2-4-7-15/h2-4,6-7,9-12,14H,13H2,1H3,(H,28,31)(H2,25,26,27)(H2,29,30,32). The molecule has 34 heavy (non-hydrogen) atoms. The minimum Gasteiger partial charge on any atom is -0.383 e. The molecule has 3 amide bonds. The third-order valence-corrected chi connectivity index (χ3v) is 5.61. The molecule has 2 aromatic heterocycles. The highest BCUT2D eigenvalue weighted by Crippen LogP contribution is 2.33. The van der Waals surface area contributed by atoms with E-state index in [0.29, 0.717) is 37.7 Å². The van der Waals surface area contributed by atoms with Gasteiger partial charge >= 0.3 is 6.03 Å². The average molecular weight is 473 g/mol. The third kappa shape index (κ3) is 5.29. The molecule has 5 N–H and O–H groups in total. The number of ether oxygens (including phenoxy) is 1. The lowest BCUT2D eigenvalue weighted by atomic mass is 10.1. The molecule has 0 atom stereocenters. The number of benzene rings is 2. The second kappa shape index (κ2) is 10.4. The Morgan fingerprint density at radius 1 is 0.971 bits per heavy atom. The number of fused-ring (bicyclic) bond motifs is 1. The minimum absolute atomic E-state index is 0.204. The zero-order valence-corrected chi connectivity index (χ0v) is 18.9. The first kappa shape index (κ1) is 22.7. The SMILES string of the molecule is COCC#Cc1sc2ncnc(N)c2c1C(=O)Nc1ccc(NC(=O)Nc2ccccc2)cc1. The zero-order valence-electron chi connectivity index (χ0n) is 18.1. The number of para-hydroxylation sites is 1. The van der Waals surface area contributed by atoms with E-state index in [1.807, 2.05) is 18.2 Å². The van der Waals surface area contributed by atoms with Gasteiger partial charge in [-0.3, -0.25) is 4.79 Å². The maximum atomic E-state index is 13.2. The van der Waals surface area contributed by atoms with Crippen LogP contribution in [-0.2, 0) is 4.74 Å². The molecule has 2 heterocycles.